The summed E-state index contributed by atoms with van der Waals surface area (Å²) in [7, 11) is 1.92. The summed E-state index contributed by atoms with van der Waals surface area (Å²) in [5.41, 5.74) is 3.09. The Kier molecular flexibility index (Phi) is 5.47. The number of hydrogen-bond acceptors (Lipinski definition) is 3. The van der Waals surface area contributed by atoms with Crippen LogP contribution in [0.5, 0.6) is 0 Å². The number of halogens is 2. The summed E-state index contributed by atoms with van der Waals surface area (Å²) in [6, 6.07) is 9.15. The summed E-state index contributed by atoms with van der Waals surface area (Å²) < 4.78 is 34.6. The van der Waals surface area contributed by atoms with E-state index in [-0.39, 0.29) is 18.0 Å². The van der Waals surface area contributed by atoms with E-state index in [1.807, 2.05) is 43.7 Å². The van der Waals surface area contributed by atoms with E-state index >= 15 is 0 Å². The van der Waals surface area contributed by atoms with Gasteiger partial charge in [0.05, 0.1) is 30.5 Å². The van der Waals surface area contributed by atoms with E-state index in [0.29, 0.717) is 17.7 Å². The fourth-order valence-corrected chi connectivity index (χ4v) is 4.36. The lowest BCUT2D eigenvalue weighted by molar-refractivity contribution is 0.0927. The van der Waals surface area contributed by atoms with Crippen LogP contribution in [0.3, 0.4) is 0 Å². The number of rotatable bonds is 5. The van der Waals surface area contributed by atoms with Gasteiger partial charge in [-0.05, 0) is 63.2 Å². The van der Waals surface area contributed by atoms with Crippen LogP contribution in [0.25, 0.3) is 0 Å². The summed E-state index contributed by atoms with van der Waals surface area (Å²) in [5, 5.41) is 3.11. The highest BCUT2D eigenvalue weighted by Crippen LogP contribution is 2.32. The quantitative estimate of drug-likeness (QED) is 0.682. The van der Waals surface area contributed by atoms with Crippen LogP contribution in [0.15, 0.2) is 47.1 Å². The molecule has 5 nitrogen and oxygen atoms in total. The molecule has 1 aliphatic rings. The molecule has 0 spiro atoms. The Labute approximate surface area is 174 Å². The molecule has 1 aliphatic heterocycles. The second-order valence-corrected chi connectivity index (χ2v) is 7.92. The van der Waals surface area contributed by atoms with Crippen LogP contribution in [0.2, 0.25) is 0 Å². The monoisotopic (exact) mass is 413 g/mol. The number of benzene rings is 1. The van der Waals surface area contributed by atoms with Crippen molar-refractivity contribution in [1.82, 2.24) is 14.8 Å². The lowest BCUT2D eigenvalue weighted by atomic mass is 9.99. The molecule has 1 saturated heterocycles. The van der Waals surface area contributed by atoms with Gasteiger partial charge < -0.3 is 14.3 Å². The molecule has 1 aromatic carbocycles. The summed E-state index contributed by atoms with van der Waals surface area (Å²) in [4.78, 5) is 15.1. The molecule has 30 heavy (non-hydrogen) atoms. The molecule has 4 rings (SSSR count). The van der Waals surface area contributed by atoms with E-state index in [4.69, 9.17) is 4.42 Å². The number of aromatic nitrogens is 1. The predicted molar refractivity (Wildman–Crippen MR) is 109 cm³/mol. The van der Waals surface area contributed by atoms with Crippen molar-refractivity contribution in [3.63, 3.8) is 0 Å². The maximum absolute atomic E-state index is 13.8. The van der Waals surface area contributed by atoms with Gasteiger partial charge in [-0.25, -0.2) is 8.78 Å². The van der Waals surface area contributed by atoms with Crippen molar-refractivity contribution in [2.45, 2.75) is 38.9 Å². The van der Waals surface area contributed by atoms with Crippen LogP contribution in [0, 0.1) is 25.5 Å². The highest BCUT2D eigenvalue weighted by atomic mass is 19.2. The molecule has 158 valence electrons. The average molecular weight is 413 g/mol. The number of nitrogens with one attached hydrogen (secondary N) is 1. The predicted octanol–water partition coefficient (Wildman–Crippen LogP) is 4.20. The molecule has 2 atom stereocenters. The van der Waals surface area contributed by atoms with E-state index in [0.717, 1.165) is 36.2 Å². The molecule has 3 aromatic rings. The van der Waals surface area contributed by atoms with Crippen molar-refractivity contribution in [3.8, 4) is 0 Å². The Balaban J connectivity index is 1.55. The molecule has 2 aromatic heterocycles. The fraction of sp³-hybridized carbons (Fsp3) is 0.348. The minimum absolute atomic E-state index is 0.165. The molecule has 0 aliphatic carbocycles. The van der Waals surface area contributed by atoms with Gasteiger partial charge in [-0.3, -0.25) is 9.69 Å². The van der Waals surface area contributed by atoms with E-state index in [1.165, 1.54) is 6.07 Å². The number of likely N-dealkylation sites (tertiary alicyclic amines) is 1. The molecule has 1 N–H and O–H groups in total. The third kappa shape index (κ3) is 3.77. The zero-order valence-electron chi connectivity index (χ0n) is 17.3. The Morgan fingerprint density at radius 2 is 2.00 bits per heavy atom. The minimum Gasteiger partial charge on any atom is -0.467 e. The van der Waals surface area contributed by atoms with Crippen molar-refractivity contribution < 1.29 is 18.0 Å². The zero-order chi connectivity index (χ0) is 21.4. The van der Waals surface area contributed by atoms with Gasteiger partial charge in [0.15, 0.2) is 11.6 Å². The number of aryl methyl sites for hydroxylation is 1. The van der Waals surface area contributed by atoms with Crippen LogP contribution < -0.4 is 5.32 Å². The summed E-state index contributed by atoms with van der Waals surface area (Å²) >= 11 is 0. The van der Waals surface area contributed by atoms with Crippen LogP contribution >= 0.6 is 0 Å². The van der Waals surface area contributed by atoms with Crippen LogP contribution in [0.1, 0.15) is 45.5 Å². The molecule has 7 heteroatoms. The molecular formula is C23H25F2N3O2. The largest absolute Gasteiger partial charge is 0.467 e. The molecule has 0 radical (unpaired) electrons. The Morgan fingerprint density at radius 3 is 2.70 bits per heavy atom. The maximum Gasteiger partial charge on any atom is 0.253 e. The first-order chi connectivity index (χ1) is 14.3. The van der Waals surface area contributed by atoms with Gasteiger partial charge >= 0.3 is 0 Å². The van der Waals surface area contributed by atoms with Crippen LogP contribution in [0.4, 0.5) is 8.78 Å². The van der Waals surface area contributed by atoms with Crippen LogP contribution in [-0.2, 0) is 6.54 Å². The molecule has 1 amide bonds. The molecule has 0 unspecified atom stereocenters. The van der Waals surface area contributed by atoms with E-state index in [9.17, 15) is 13.6 Å². The second-order valence-electron chi connectivity index (χ2n) is 7.92. The number of amides is 1. The first kappa shape index (κ1) is 20.3. The molecule has 1 fully saturated rings. The third-order valence-electron chi connectivity index (χ3n) is 5.96. The van der Waals surface area contributed by atoms with Gasteiger partial charge in [-0.1, -0.05) is 6.07 Å². The topological polar surface area (TPSA) is 50.4 Å². The summed E-state index contributed by atoms with van der Waals surface area (Å²) in [6.45, 7) is 5.19. The number of carbonyl (C=O) groups is 1. The third-order valence-corrected chi connectivity index (χ3v) is 5.96. The number of likely N-dealkylation sites (N-methyl/N-ethyl adjacent to an activating group) is 1. The highest BCUT2D eigenvalue weighted by Gasteiger charge is 2.35. The number of furan rings is 1. The van der Waals surface area contributed by atoms with Crippen molar-refractivity contribution >= 4 is 5.91 Å². The highest BCUT2D eigenvalue weighted by molar-refractivity contribution is 5.96. The van der Waals surface area contributed by atoms with Crippen molar-refractivity contribution in [3.05, 3.63) is 82.6 Å². The summed E-state index contributed by atoms with van der Waals surface area (Å²) in [6.07, 6.45) is 2.36. The standard InChI is InChI=1S/C23H25F2N3O2/c1-14-11-18(15(2)28(14)13-17-5-4-10-30-17)23(29)26-21-8-9-27(3)22(21)16-6-7-19(24)20(25)12-16/h4-7,10-12,21-22H,8-9,13H2,1-3H3,(H,26,29)/t21-,22-/m1/s1. The Hall–Kier alpha value is -2.93. The van der Waals surface area contributed by atoms with Crippen molar-refractivity contribution in [2.24, 2.45) is 0 Å². The Bertz CT molecular complexity index is 1060. The van der Waals surface area contributed by atoms with Gasteiger partial charge in [0.2, 0.25) is 0 Å². The van der Waals surface area contributed by atoms with Crippen molar-refractivity contribution in [2.75, 3.05) is 13.6 Å². The summed E-state index contributed by atoms with van der Waals surface area (Å²) in [5.74, 6) is -1.09. The first-order valence-electron chi connectivity index (χ1n) is 10.0. The molecule has 0 saturated carbocycles. The molecule has 3 heterocycles. The van der Waals surface area contributed by atoms with E-state index in [1.54, 1.807) is 12.3 Å². The van der Waals surface area contributed by atoms with Gasteiger partial charge in [0.1, 0.15) is 5.76 Å². The lowest BCUT2D eigenvalue weighted by Crippen LogP contribution is -2.39. The van der Waals surface area contributed by atoms with E-state index < -0.39 is 11.6 Å². The second kappa shape index (κ2) is 8.07. The van der Waals surface area contributed by atoms with Gasteiger partial charge in [0, 0.05) is 17.9 Å². The Morgan fingerprint density at radius 1 is 1.20 bits per heavy atom. The number of hydrogen-bond donors (Lipinski definition) is 1. The SMILES string of the molecule is Cc1cc(C(=O)N[C@@H]2CCN(C)[C@@H]2c2ccc(F)c(F)c2)c(C)n1Cc1ccco1. The maximum atomic E-state index is 13.8. The lowest BCUT2D eigenvalue weighted by Gasteiger charge is -2.26. The zero-order valence-corrected chi connectivity index (χ0v) is 17.3. The number of carbonyl (C=O) groups excluding carboxylic acids is 1. The van der Waals surface area contributed by atoms with Gasteiger partial charge in [-0.2, -0.15) is 0 Å². The van der Waals surface area contributed by atoms with E-state index in [2.05, 4.69) is 10.2 Å². The minimum atomic E-state index is -0.876. The first-order valence-corrected chi connectivity index (χ1v) is 10.0. The smallest absolute Gasteiger partial charge is 0.253 e. The van der Waals surface area contributed by atoms with Gasteiger partial charge in [-0.15, -0.1) is 0 Å². The fourth-order valence-electron chi connectivity index (χ4n) is 4.36. The molecular weight excluding hydrogens is 388 g/mol. The average Bonchev–Trinajstić information content (AvgIpc) is 3.41. The molecule has 0 bridgehead atoms. The number of nitrogens with zero attached hydrogens (tertiary/aromatic N) is 2. The van der Waals surface area contributed by atoms with Crippen molar-refractivity contribution in [1.29, 1.82) is 0 Å². The normalized spacial score (nSPS) is 19.4. The van der Waals surface area contributed by atoms with Crippen LogP contribution in [-0.4, -0.2) is 35.0 Å². The van der Waals surface area contributed by atoms with Gasteiger partial charge in [0.25, 0.3) is 5.91 Å².